The maximum atomic E-state index is 5.58. The van der Waals surface area contributed by atoms with Crippen molar-refractivity contribution in [3.05, 3.63) is 29.8 Å². The van der Waals surface area contributed by atoms with E-state index in [1.807, 2.05) is 6.07 Å². The van der Waals surface area contributed by atoms with Gasteiger partial charge in [-0.1, -0.05) is 26.0 Å². The van der Waals surface area contributed by atoms with Crippen molar-refractivity contribution in [1.29, 1.82) is 0 Å². The Kier molecular flexibility index (Phi) is 3.49. The van der Waals surface area contributed by atoms with Crippen molar-refractivity contribution in [2.75, 3.05) is 7.11 Å². The summed E-state index contributed by atoms with van der Waals surface area (Å²) in [6, 6.07) is 8.32. The molecule has 2 nitrogen and oxygen atoms in total. The molecule has 0 amide bonds. The molecule has 3 unspecified atom stereocenters. The highest BCUT2D eigenvalue weighted by atomic mass is 16.6. The fourth-order valence-electron chi connectivity index (χ4n) is 2.18. The van der Waals surface area contributed by atoms with Crippen LogP contribution in [0.25, 0.3) is 0 Å². The van der Waals surface area contributed by atoms with E-state index in [-0.39, 0.29) is 0 Å². The first-order chi connectivity index (χ1) is 7.74. The summed E-state index contributed by atoms with van der Waals surface area (Å²) in [6.07, 6.45) is 3.24. The zero-order valence-electron chi connectivity index (χ0n) is 10.3. The summed E-state index contributed by atoms with van der Waals surface area (Å²) in [7, 11) is 1.71. The van der Waals surface area contributed by atoms with Crippen molar-refractivity contribution in [2.24, 2.45) is 0 Å². The van der Waals surface area contributed by atoms with Crippen LogP contribution < -0.4 is 4.74 Å². The zero-order valence-corrected chi connectivity index (χ0v) is 10.3. The molecule has 0 saturated carbocycles. The highest BCUT2D eigenvalue weighted by Gasteiger charge is 2.37. The fraction of sp³-hybridized carbons (Fsp3) is 0.571. The second-order valence-electron chi connectivity index (χ2n) is 4.53. The van der Waals surface area contributed by atoms with Gasteiger partial charge in [-0.05, 0) is 36.5 Å². The van der Waals surface area contributed by atoms with Gasteiger partial charge >= 0.3 is 0 Å². The Morgan fingerprint density at radius 3 is 2.81 bits per heavy atom. The topological polar surface area (TPSA) is 21.8 Å². The van der Waals surface area contributed by atoms with E-state index in [4.69, 9.17) is 9.47 Å². The van der Waals surface area contributed by atoms with Crippen molar-refractivity contribution >= 4 is 0 Å². The number of ether oxygens (including phenoxy) is 2. The molecule has 3 atom stereocenters. The average molecular weight is 220 g/mol. The quantitative estimate of drug-likeness (QED) is 0.710. The molecule has 1 heterocycles. The van der Waals surface area contributed by atoms with Crippen LogP contribution in [0, 0.1) is 0 Å². The molecule has 1 aliphatic heterocycles. The third-order valence-electron chi connectivity index (χ3n) is 3.34. The maximum Gasteiger partial charge on any atom is 0.119 e. The van der Waals surface area contributed by atoms with Gasteiger partial charge < -0.3 is 9.47 Å². The van der Waals surface area contributed by atoms with Crippen LogP contribution in [-0.2, 0) is 4.74 Å². The number of benzene rings is 1. The molecule has 2 rings (SSSR count). The molecule has 1 saturated heterocycles. The van der Waals surface area contributed by atoms with Gasteiger partial charge in [-0.15, -0.1) is 0 Å². The van der Waals surface area contributed by atoms with E-state index in [1.165, 1.54) is 5.56 Å². The summed E-state index contributed by atoms with van der Waals surface area (Å²) in [5, 5.41) is 0. The smallest absolute Gasteiger partial charge is 0.119 e. The first-order valence-corrected chi connectivity index (χ1v) is 6.04. The van der Waals surface area contributed by atoms with E-state index in [0.717, 1.165) is 18.6 Å². The van der Waals surface area contributed by atoms with Crippen LogP contribution in [-0.4, -0.2) is 19.3 Å². The maximum absolute atomic E-state index is 5.58. The van der Waals surface area contributed by atoms with Gasteiger partial charge in [0.15, 0.2) is 0 Å². The molecule has 0 aromatic heterocycles. The van der Waals surface area contributed by atoms with Gasteiger partial charge in [0.1, 0.15) is 5.75 Å². The number of hydrogen-bond donors (Lipinski definition) is 0. The molecule has 16 heavy (non-hydrogen) atoms. The third-order valence-corrected chi connectivity index (χ3v) is 3.34. The van der Waals surface area contributed by atoms with Crippen molar-refractivity contribution in [3.8, 4) is 5.75 Å². The third kappa shape index (κ3) is 2.56. The lowest BCUT2D eigenvalue weighted by Gasteiger charge is -2.11. The van der Waals surface area contributed by atoms with Crippen molar-refractivity contribution in [3.63, 3.8) is 0 Å². The molecular formula is C14H20O2. The molecule has 0 radical (unpaired) electrons. The number of methoxy groups -OCH3 is 1. The van der Waals surface area contributed by atoms with Crippen LogP contribution in [0.2, 0.25) is 0 Å². The van der Waals surface area contributed by atoms with E-state index >= 15 is 0 Å². The summed E-state index contributed by atoms with van der Waals surface area (Å²) in [5.74, 6) is 1.48. The lowest BCUT2D eigenvalue weighted by atomic mass is 9.95. The first-order valence-electron chi connectivity index (χ1n) is 6.04. The van der Waals surface area contributed by atoms with Crippen LogP contribution in [0.4, 0.5) is 0 Å². The summed E-state index contributed by atoms with van der Waals surface area (Å²) >= 11 is 0. The van der Waals surface area contributed by atoms with Gasteiger partial charge in [0, 0.05) is 0 Å². The van der Waals surface area contributed by atoms with E-state index in [2.05, 4.69) is 32.0 Å². The summed E-state index contributed by atoms with van der Waals surface area (Å²) < 4.78 is 10.8. The molecule has 1 fully saturated rings. The van der Waals surface area contributed by atoms with Gasteiger partial charge in [-0.2, -0.15) is 0 Å². The molecule has 1 aromatic rings. The molecule has 88 valence electrons. The van der Waals surface area contributed by atoms with Gasteiger partial charge in [-0.25, -0.2) is 0 Å². The molecule has 2 heteroatoms. The molecule has 0 N–H and O–H groups in total. The Morgan fingerprint density at radius 2 is 2.19 bits per heavy atom. The lowest BCUT2D eigenvalue weighted by molar-refractivity contribution is 0.352. The SMILES string of the molecule is CCC1OC1CC(C)c1cccc(OC)c1. The highest BCUT2D eigenvalue weighted by Crippen LogP contribution is 2.34. The second-order valence-corrected chi connectivity index (χ2v) is 4.53. The van der Waals surface area contributed by atoms with Crippen molar-refractivity contribution in [1.82, 2.24) is 0 Å². The average Bonchev–Trinajstić information content (AvgIpc) is 3.07. The Balaban J connectivity index is 1.95. The van der Waals surface area contributed by atoms with Gasteiger partial charge in [0.25, 0.3) is 0 Å². The van der Waals surface area contributed by atoms with E-state index in [1.54, 1.807) is 7.11 Å². The van der Waals surface area contributed by atoms with Gasteiger partial charge in [0.2, 0.25) is 0 Å². The van der Waals surface area contributed by atoms with Crippen LogP contribution in [0.5, 0.6) is 5.75 Å². The predicted molar refractivity (Wildman–Crippen MR) is 65.0 cm³/mol. The number of rotatable bonds is 5. The predicted octanol–water partition coefficient (Wildman–Crippen LogP) is 3.37. The normalized spacial score (nSPS) is 25.2. The molecule has 1 aliphatic rings. The Bertz CT molecular complexity index is 348. The van der Waals surface area contributed by atoms with E-state index in [0.29, 0.717) is 18.1 Å². The monoisotopic (exact) mass is 220 g/mol. The largest absolute Gasteiger partial charge is 0.497 e. The molecule has 1 aromatic carbocycles. The van der Waals surface area contributed by atoms with Crippen LogP contribution in [0.3, 0.4) is 0 Å². The zero-order chi connectivity index (χ0) is 11.5. The second kappa shape index (κ2) is 4.88. The Labute approximate surface area is 97.6 Å². The fourth-order valence-corrected chi connectivity index (χ4v) is 2.18. The lowest BCUT2D eigenvalue weighted by Crippen LogP contribution is -2.01. The first kappa shape index (κ1) is 11.5. The van der Waals surface area contributed by atoms with Crippen LogP contribution in [0.15, 0.2) is 24.3 Å². The van der Waals surface area contributed by atoms with Gasteiger partial charge in [-0.3, -0.25) is 0 Å². The van der Waals surface area contributed by atoms with Crippen LogP contribution >= 0.6 is 0 Å². The molecule has 0 aliphatic carbocycles. The van der Waals surface area contributed by atoms with Crippen molar-refractivity contribution < 1.29 is 9.47 Å². The molecular weight excluding hydrogens is 200 g/mol. The van der Waals surface area contributed by atoms with Gasteiger partial charge in [0.05, 0.1) is 19.3 Å². The minimum atomic E-state index is 0.478. The van der Waals surface area contributed by atoms with Crippen molar-refractivity contribution in [2.45, 2.75) is 44.8 Å². The standard InChI is InChI=1S/C14H20O2/c1-4-13-14(16-13)8-10(2)11-6-5-7-12(9-11)15-3/h5-7,9-10,13-14H,4,8H2,1-3H3. The highest BCUT2D eigenvalue weighted by molar-refractivity contribution is 5.30. The summed E-state index contributed by atoms with van der Waals surface area (Å²) in [5.41, 5.74) is 1.34. The van der Waals surface area contributed by atoms with E-state index in [9.17, 15) is 0 Å². The minimum absolute atomic E-state index is 0.478. The molecule has 0 bridgehead atoms. The Morgan fingerprint density at radius 1 is 1.38 bits per heavy atom. The van der Waals surface area contributed by atoms with E-state index < -0.39 is 0 Å². The minimum Gasteiger partial charge on any atom is -0.497 e. The Hall–Kier alpha value is -1.02. The molecule has 0 spiro atoms. The summed E-state index contributed by atoms with van der Waals surface area (Å²) in [4.78, 5) is 0. The number of hydrogen-bond acceptors (Lipinski definition) is 2. The van der Waals surface area contributed by atoms with Crippen LogP contribution in [0.1, 0.15) is 38.2 Å². The number of epoxide rings is 1. The summed E-state index contributed by atoms with van der Waals surface area (Å²) in [6.45, 7) is 4.43.